The number of likely N-dealkylation sites (tertiary alicyclic amines) is 1. The standard InChI is InChI=1S/C17H23ClN2O4/c1-23-14-10-13(15(24-2)9-12(14)18)19-16(21)11-17(22)20-7-5-3-4-6-8-20/h9-10H,3-8,11H2,1-2H3,(H,19,21). The fourth-order valence-electron chi connectivity index (χ4n) is 2.72. The molecule has 0 radical (unpaired) electrons. The van der Waals surface area contributed by atoms with E-state index in [1.54, 1.807) is 17.0 Å². The van der Waals surface area contributed by atoms with E-state index < -0.39 is 0 Å². The average Bonchev–Trinajstić information content (AvgIpc) is 2.85. The van der Waals surface area contributed by atoms with Crippen molar-refractivity contribution in [3.63, 3.8) is 0 Å². The second-order valence-corrected chi connectivity index (χ2v) is 6.11. The van der Waals surface area contributed by atoms with Crippen molar-refractivity contribution in [3.8, 4) is 11.5 Å². The molecule has 0 saturated carbocycles. The van der Waals surface area contributed by atoms with Gasteiger partial charge in [-0.2, -0.15) is 0 Å². The van der Waals surface area contributed by atoms with Gasteiger partial charge in [-0.25, -0.2) is 0 Å². The van der Waals surface area contributed by atoms with Crippen molar-refractivity contribution in [2.45, 2.75) is 32.1 Å². The van der Waals surface area contributed by atoms with Crippen LogP contribution in [-0.2, 0) is 9.59 Å². The molecule has 0 atom stereocenters. The molecule has 24 heavy (non-hydrogen) atoms. The summed E-state index contributed by atoms with van der Waals surface area (Å²) in [5.74, 6) is 0.309. The fourth-order valence-corrected chi connectivity index (χ4v) is 2.95. The van der Waals surface area contributed by atoms with Gasteiger partial charge in [0.1, 0.15) is 17.9 Å². The molecule has 132 valence electrons. The highest BCUT2D eigenvalue weighted by Crippen LogP contribution is 2.35. The van der Waals surface area contributed by atoms with E-state index in [4.69, 9.17) is 21.1 Å². The van der Waals surface area contributed by atoms with Crippen LogP contribution < -0.4 is 14.8 Å². The zero-order valence-electron chi connectivity index (χ0n) is 14.1. The van der Waals surface area contributed by atoms with Crippen LogP contribution in [0.25, 0.3) is 0 Å². The molecule has 0 bridgehead atoms. The number of carbonyl (C=O) groups excluding carboxylic acids is 2. The Labute approximate surface area is 147 Å². The van der Waals surface area contributed by atoms with Crippen molar-refractivity contribution in [1.29, 1.82) is 0 Å². The van der Waals surface area contributed by atoms with E-state index in [0.717, 1.165) is 38.8 Å². The van der Waals surface area contributed by atoms with Crippen LogP contribution in [0.2, 0.25) is 5.02 Å². The zero-order valence-corrected chi connectivity index (χ0v) is 14.8. The summed E-state index contributed by atoms with van der Waals surface area (Å²) in [5, 5.41) is 3.08. The molecule has 2 rings (SSSR count). The number of carbonyl (C=O) groups is 2. The maximum absolute atomic E-state index is 12.3. The van der Waals surface area contributed by atoms with Crippen molar-refractivity contribution in [1.82, 2.24) is 4.90 Å². The van der Waals surface area contributed by atoms with Crippen molar-refractivity contribution in [2.24, 2.45) is 0 Å². The summed E-state index contributed by atoms with van der Waals surface area (Å²) in [6.07, 6.45) is 4.08. The molecule has 0 aromatic heterocycles. The lowest BCUT2D eigenvalue weighted by Gasteiger charge is -2.20. The Morgan fingerprint density at radius 3 is 2.29 bits per heavy atom. The Hall–Kier alpha value is -1.95. The van der Waals surface area contributed by atoms with Gasteiger partial charge in [0.25, 0.3) is 0 Å². The Kier molecular flexibility index (Phi) is 6.73. The Bertz CT molecular complexity index is 598. The van der Waals surface area contributed by atoms with Gasteiger partial charge in [0, 0.05) is 25.2 Å². The molecule has 1 aromatic rings. The predicted molar refractivity (Wildman–Crippen MR) is 92.9 cm³/mol. The molecule has 7 heteroatoms. The zero-order chi connectivity index (χ0) is 17.5. The van der Waals surface area contributed by atoms with Gasteiger partial charge in [0.05, 0.1) is 24.9 Å². The molecule has 2 amide bonds. The summed E-state index contributed by atoms with van der Waals surface area (Å²) in [5.41, 5.74) is 0.424. The summed E-state index contributed by atoms with van der Waals surface area (Å²) < 4.78 is 10.4. The van der Waals surface area contributed by atoms with Gasteiger partial charge in [0.2, 0.25) is 11.8 Å². The predicted octanol–water partition coefficient (Wildman–Crippen LogP) is 3.09. The highest BCUT2D eigenvalue weighted by atomic mass is 35.5. The van der Waals surface area contributed by atoms with Gasteiger partial charge < -0.3 is 19.7 Å². The number of nitrogens with zero attached hydrogens (tertiary/aromatic N) is 1. The fraction of sp³-hybridized carbons (Fsp3) is 0.529. The molecule has 1 fully saturated rings. The number of halogens is 1. The topological polar surface area (TPSA) is 67.9 Å². The lowest BCUT2D eigenvalue weighted by atomic mass is 10.2. The molecule has 0 aliphatic carbocycles. The van der Waals surface area contributed by atoms with Crippen LogP contribution in [0, 0.1) is 0 Å². The molecule has 1 aliphatic heterocycles. The van der Waals surface area contributed by atoms with Gasteiger partial charge in [-0.05, 0) is 12.8 Å². The van der Waals surface area contributed by atoms with Gasteiger partial charge in [-0.1, -0.05) is 24.4 Å². The van der Waals surface area contributed by atoms with Crippen LogP contribution in [-0.4, -0.2) is 44.0 Å². The van der Waals surface area contributed by atoms with Crippen LogP contribution in [0.15, 0.2) is 12.1 Å². The van der Waals surface area contributed by atoms with E-state index in [0.29, 0.717) is 22.2 Å². The molecular weight excluding hydrogens is 332 g/mol. The Morgan fingerprint density at radius 1 is 1.08 bits per heavy atom. The lowest BCUT2D eigenvalue weighted by molar-refractivity contribution is -0.134. The molecule has 1 heterocycles. The highest BCUT2D eigenvalue weighted by molar-refractivity contribution is 6.32. The first-order chi connectivity index (χ1) is 11.5. The van der Waals surface area contributed by atoms with Gasteiger partial charge >= 0.3 is 0 Å². The molecule has 1 aromatic carbocycles. The number of benzene rings is 1. The second kappa shape index (κ2) is 8.78. The summed E-state index contributed by atoms with van der Waals surface area (Å²) in [6.45, 7) is 1.45. The van der Waals surface area contributed by atoms with Crippen LogP contribution >= 0.6 is 11.6 Å². The van der Waals surface area contributed by atoms with Crippen LogP contribution in [0.5, 0.6) is 11.5 Å². The van der Waals surface area contributed by atoms with E-state index in [1.165, 1.54) is 14.2 Å². The maximum atomic E-state index is 12.3. The first kappa shape index (κ1) is 18.4. The van der Waals surface area contributed by atoms with Crippen molar-refractivity contribution in [2.75, 3.05) is 32.6 Å². The van der Waals surface area contributed by atoms with E-state index in [-0.39, 0.29) is 18.2 Å². The Morgan fingerprint density at radius 2 is 1.71 bits per heavy atom. The minimum absolute atomic E-state index is 0.144. The SMILES string of the molecule is COc1cc(NC(=O)CC(=O)N2CCCCCC2)c(OC)cc1Cl. The summed E-state index contributed by atoms with van der Waals surface area (Å²) in [4.78, 5) is 26.3. The van der Waals surface area contributed by atoms with Gasteiger partial charge in [-0.15, -0.1) is 0 Å². The van der Waals surface area contributed by atoms with Crippen molar-refractivity contribution >= 4 is 29.1 Å². The number of anilines is 1. The number of hydrogen-bond donors (Lipinski definition) is 1. The normalized spacial score (nSPS) is 14.7. The quantitative estimate of drug-likeness (QED) is 0.825. The molecule has 0 spiro atoms. The first-order valence-electron chi connectivity index (χ1n) is 8.04. The third kappa shape index (κ3) is 4.77. The van der Waals surface area contributed by atoms with Crippen LogP contribution in [0.1, 0.15) is 32.1 Å². The van der Waals surface area contributed by atoms with Crippen molar-refractivity contribution < 1.29 is 19.1 Å². The third-order valence-electron chi connectivity index (χ3n) is 4.02. The van der Waals surface area contributed by atoms with Crippen LogP contribution in [0.3, 0.4) is 0 Å². The lowest BCUT2D eigenvalue weighted by Crippen LogP contribution is -2.34. The van der Waals surface area contributed by atoms with Crippen molar-refractivity contribution in [3.05, 3.63) is 17.2 Å². The second-order valence-electron chi connectivity index (χ2n) is 5.71. The van der Waals surface area contributed by atoms with E-state index in [1.807, 2.05) is 0 Å². The van der Waals surface area contributed by atoms with E-state index in [2.05, 4.69) is 5.32 Å². The minimum Gasteiger partial charge on any atom is -0.495 e. The highest BCUT2D eigenvalue weighted by Gasteiger charge is 2.20. The maximum Gasteiger partial charge on any atom is 0.233 e. The monoisotopic (exact) mass is 354 g/mol. The van der Waals surface area contributed by atoms with Crippen LogP contribution in [0.4, 0.5) is 5.69 Å². The molecule has 1 aliphatic rings. The number of methoxy groups -OCH3 is 2. The number of amides is 2. The smallest absolute Gasteiger partial charge is 0.233 e. The summed E-state index contributed by atoms with van der Waals surface area (Å²) in [7, 11) is 2.97. The molecule has 0 unspecified atom stereocenters. The minimum atomic E-state index is -0.382. The first-order valence-corrected chi connectivity index (χ1v) is 8.42. The molecule has 6 nitrogen and oxygen atoms in total. The summed E-state index contributed by atoms with van der Waals surface area (Å²) in [6, 6.07) is 3.14. The molecule has 1 saturated heterocycles. The number of rotatable bonds is 5. The number of ether oxygens (including phenoxy) is 2. The number of hydrogen-bond acceptors (Lipinski definition) is 4. The van der Waals surface area contributed by atoms with E-state index >= 15 is 0 Å². The molecule has 1 N–H and O–H groups in total. The Balaban J connectivity index is 2.02. The average molecular weight is 355 g/mol. The largest absolute Gasteiger partial charge is 0.495 e. The number of nitrogens with one attached hydrogen (secondary N) is 1. The van der Waals surface area contributed by atoms with Gasteiger partial charge in [-0.3, -0.25) is 9.59 Å². The van der Waals surface area contributed by atoms with Gasteiger partial charge in [0.15, 0.2) is 0 Å². The summed E-state index contributed by atoms with van der Waals surface area (Å²) >= 11 is 6.04. The third-order valence-corrected chi connectivity index (χ3v) is 4.31. The van der Waals surface area contributed by atoms with E-state index in [9.17, 15) is 9.59 Å². The molecular formula is C17H23ClN2O4.